The molecule has 0 aliphatic carbocycles. The average Bonchev–Trinajstić information content (AvgIpc) is 3.28. The number of benzene rings is 1. The summed E-state index contributed by atoms with van der Waals surface area (Å²) in [5, 5.41) is 7.75. The molecule has 2 unspecified atom stereocenters. The Morgan fingerprint density at radius 1 is 1.31 bits per heavy atom. The Morgan fingerprint density at radius 2 is 2.15 bits per heavy atom. The molecule has 1 aromatic carbocycles. The molecule has 7 nitrogen and oxygen atoms in total. The quantitative estimate of drug-likeness (QED) is 0.761. The maximum atomic E-state index is 13.1. The van der Waals surface area contributed by atoms with E-state index in [-0.39, 0.29) is 5.91 Å². The van der Waals surface area contributed by atoms with Crippen molar-refractivity contribution < 1.29 is 9.21 Å². The van der Waals surface area contributed by atoms with Crippen molar-refractivity contribution >= 4 is 34.9 Å². The van der Waals surface area contributed by atoms with Crippen LogP contribution >= 0.6 is 11.6 Å². The SMILES string of the molecule is CC1=Nc2ncnn2C(c2ccco2)C1C(=O)Nc1cc(Cl)ccc1C. The molecule has 1 aliphatic rings. The van der Waals surface area contributed by atoms with Crippen molar-refractivity contribution in [2.45, 2.75) is 19.9 Å². The maximum absolute atomic E-state index is 13.1. The lowest BCUT2D eigenvalue weighted by Gasteiger charge is -2.28. The van der Waals surface area contributed by atoms with Crippen molar-refractivity contribution in [2.24, 2.45) is 10.9 Å². The van der Waals surface area contributed by atoms with Gasteiger partial charge in [0, 0.05) is 16.4 Å². The van der Waals surface area contributed by atoms with Crippen LogP contribution in [-0.4, -0.2) is 26.4 Å². The Bertz CT molecular complexity index is 993. The Hall–Kier alpha value is -2.93. The molecule has 1 N–H and O–H groups in total. The highest BCUT2D eigenvalue weighted by Crippen LogP contribution is 2.36. The molecule has 132 valence electrons. The molecule has 0 spiro atoms. The zero-order valence-electron chi connectivity index (χ0n) is 14.2. The molecule has 0 saturated heterocycles. The molecule has 1 amide bonds. The van der Waals surface area contributed by atoms with Crippen molar-refractivity contribution in [1.82, 2.24) is 14.8 Å². The van der Waals surface area contributed by atoms with Crippen LogP contribution in [0.5, 0.6) is 0 Å². The molecule has 8 heteroatoms. The highest BCUT2D eigenvalue weighted by Gasteiger charge is 2.40. The smallest absolute Gasteiger partial charge is 0.248 e. The normalized spacial score (nSPS) is 19.0. The number of fused-ring (bicyclic) bond motifs is 1. The molecule has 0 radical (unpaired) electrons. The first-order chi connectivity index (χ1) is 12.5. The van der Waals surface area contributed by atoms with E-state index in [1.165, 1.54) is 6.33 Å². The molecular weight excluding hydrogens is 354 g/mol. The first-order valence-electron chi connectivity index (χ1n) is 8.09. The second kappa shape index (κ2) is 6.42. The monoisotopic (exact) mass is 369 g/mol. The number of nitrogens with one attached hydrogen (secondary N) is 1. The van der Waals surface area contributed by atoms with Gasteiger partial charge in [-0.05, 0) is 43.7 Å². The Balaban J connectivity index is 1.73. The zero-order valence-corrected chi connectivity index (χ0v) is 14.9. The maximum Gasteiger partial charge on any atom is 0.248 e. The summed E-state index contributed by atoms with van der Waals surface area (Å²) in [6, 6.07) is 8.52. The predicted molar refractivity (Wildman–Crippen MR) is 97.9 cm³/mol. The standard InChI is InChI=1S/C18H16ClN5O2/c1-10-5-6-12(19)8-13(10)23-17(25)15-11(2)22-18-20-9-21-24(18)16(15)14-4-3-7-26-14/h3-9,15-16H,1-2H3,(H,23,25). The number of aliphatic imine (C=N–C) groups is 1. The van der Waals surface area contributed by atoms with Crippen LogP contribution in [-0.2, 0) is 4.79 Å². The van der Waals surface area contributed by atoms with Crippen LogP contribution in [0.15, 0.2) is 52.3 Å². The first-order valence-corrected chi connectivity index (χ1v) is 8.47. The first kappa shape index (κ1) is 16.5. The number of carbonyl (C=O) groups excluding carboxylic acids is 1. The lowest BCUT2D eigenvalue weighted by molar-refractivity contribution is -0.119. The van der Waals surface area contributed by atoms with Crippen LogP contribution in [0.1, 0.15) is 24.3 Å². The molecule has 1 aliphatic heterocycles. The van der Waals surface area contributed by atoms with Crippen molar-refractivity contribution in [2.75, 3.05) is 5.32 Å². The van der Waals surface area contributed by atoms with E-state index in [4.69, 9.17) is 16.0 Å². The van der Waals surface area contributed by atoms with Crippen LogP contribution in [0.3, 0.4) is 0 Å². The second-order valence-electron chi connectivity index (χ2n) is 6.14. The van der Waals surface area contributed by atoms with E-state index in [1.54, 1.807) is 29.1 Å². The highest BCUT2D eigenvalue weighted by molar-refractivity contribution is 6.31. The van der Waals surface area contributed by atoms with Crippen molar-refractivity contribution in [3.8, 4) is 0 Å². The van der Waals surface area contributed by atoms with Gasteiger partial charge in [0.05, 0.1) is 6.26 Å². The van der Waals surface area contributed by atoms with Gasteiger partial charge in [-0.2, -0.15) is 10.1 Å². The van der Waals surface area contributed by atoms with Crippen LogP contribution in [0, 0.1) is 12.8 Å². The van der Waals surface area contributed by atoms with Gasteiger partial charge in [-0.25, -0.2) is 9.67 Å². The second-order valence-corrected chi connectivity index (χ2v) is 6.58. The molecule has 0 bridgehead atoms. The zero-order chi connectivity index (χ0) is 18.3. The third-order valence-corrected chi connectivity index (χ3v) is 4.67. The van der Waals surface area contributed by atoms with Gasteiger partial charge in [-0.3, -0.25) is 4.79 Å². The summed E-state index contributed by atoms with van der Waals surface area (Å²) in [6.07, 6.45) is 2.99. The Kier molecular flexibility index (Phi) is 4.08. The fourth-order valence-corrected chi connectivity index (χ4v) is 3.31. The van der Waals surface area contributed by atoms with Gasteiger partial charge >= 0.3 is 0 Å². The number of hydrogen-bond acceptors (Lipinski definition) is 5. The van der Waals surface area contributed by atoms with E-state index in [9.17, 15) is 4.79 Å². The van der Waals surface area contributed by atoms with Crippen LogP contribution in [0.2, 0.25) is 5.02 Å². The molecule has 4 rings (SSSR count). The predicted octanol–water partition coefficient (Wildman–Crippen LogP) is 3.78. The summed E-state index contributed by atoms with van der Waals surface area (Å²) in [6.45, 7) is 3.72. The molecule has 0 saturated carbocycles. The Labute approximate surface area is 154 Å². The van der Waals surface area contributed by atoms with Crippen molar-refractivity contribution in [3.05, 3.63) is 59.3 Å². The minimum Gasteiger partial charge on any atom is -0.467 e. The number of rotatable bonds is 3. The van der Waals surface area contributed by atoms with Crippen LogP contribution in [0.25, 0.3) is 0 Å². The molecule has 2 aromatic heterocycles. The van der Waals surface area contributed by atoms with Gasteiger partial charge < -0.3 is 9.73 Å². The summed E-state index contributed by atoms with van der Waals surface area (Å²) in [4.78, 5) is 21.7. The summed E-state index contributed by atoms with van der Waals surface area (Å²) >= 11 is 6.06. The number of aryl methyl sites for hydroxylation is 1. The molecule has 0 fully saturated rings. The molecular formula is C18H16ClN5O2. The lowest BCUT2D eigenvalue weighted by atomic mass is 9.91. The lowest BCUT2D eigenvalue weighted by Crippen LogP contribution is -2.39. The number of nitrogens with zero attached hydrogens (tertiary/aromatic N) is 4. The van der Waals surface area contributed by atoms with Crippen molar-refractivity contribution in [3.63, 3.8) is 0 Å². The fraction of sp³-hybridized carbons (Fsp3) is 0.222. The van der Waals surface area contributed by atoms with E-state index in [0.717, 1.165) is 5.56 Å². The Morgan fingerprint density at radius 3 is 2.92 bits per heavy atom. The summed E-state index contributed by atoms with van der Waals surface area (Å²) in [5.41, 5.74) is 2.23. The van der Waals surface area contributed by atoms with E-state index in [2.05, 4.69) is 20.4 Å². The topological polar surface area (TPSA) is 85.3 Å². The molecule has 3 heterocycles. The van der Waals surface area contributed by atoms with Gasteiger partial charge in [0.1, 0.15) is 24.0 Å². The van der Waals surface area contributed by atoms with E-state index < -0.39 is 12.0 Å². The number of furan rings is 1. The van der Waals surface area contributed by atoms with Gasteiger partial charge in [-0.15, -0.1) is 0 Å². The van der Waals surface area contributed by atoms with Crippen LogP contribution < -0.4 is 5.32 Å². The van der Waals surface area contributed by atoms with E-state index in [0.29, 0.717) is 28.1 Å². The van der Waals surface area contributed by atoms with Crippen molar-refractivity contribution in [1.29, 1.82) is 0 Å². The molecule has 3 aromatic rings. The number of anilines is 1. The van der Waals surface area contributed by atoms with Gasteiger partial charge in [0.2, 0.25) is 11.9 Å². The van der Waals surface area contributed by atoms with E-state index in [1.807, 2.05) is 26.0 Å². The van der Waals surface area contributed by atoms with Gasteiger partial charge in [0.15, 0.2) is 0 Å². The third-order valence-electron chi connectivity index (χ3n) is 4.43. The number of amides is 1. The summed E-state index contributed by atoms with van der Waals surface area (Å²) in [7, 11) is 0. The van der Waals surface area contributed by atoms with E-state index >= 15 is 0 Å². The largest absolute Gasteiger partial charge is 0.467 e. The highest BCUT2D eigenvalue weighted by atomic mass is 35.5. The minimum atomic E-state index is -0.589. The number of aromatic nitrogens is 3. The van der Waals surface area contributed by atoms with Gasteiger partial charge in [0.25, 0.3) is 0 Å². The molecule has 2 atom stereocenters. The number of hydrogen-bond donors (Lipinski definition) is 1. The summed E-state index contributed by atoms with van der Waals surface area (Å²) in [5.74, 6) is 0.272. The molecule has 26 heavy (non-hydrogen) atoms. The number of carbonyl (C=O) groups is 1. The number of halogens is 1. The fourth-order valence-electron chi connectivity index (χ4n) is 3.13. The van der Waals surface area contributed by atoms with Crippen LogP contribution in [0.4, 0.5) is 11.6 Å². The average molecular weight is 370 g/mol. The summed E-state index contributed by atoms with van der Waals surface area (Å²) < 4.78 is 7.19. The minimum absolute atomic E-state index is 0.209. The third kappa shape index (κ3) is 2.80. The van der Waals surface area contributed by atoms with Gasteiger partial charge in [-0.1, -0.05) is 17.7 Å².